The lowest BCUT2D eigenvalue weighted by atomic mass is 10.0. The number of benzene rings is 1. The Balaban J connectivity index is 1.86. The fraction of sp³-hybridized carbons (Fsp3) is 0.167. The standard InChI is InChI=1S/C18H18N2O2S/c1-14-10-12-17(13-11-14)23(21,22)20-19-18(15-6-2-3-7-15)16-8-4-5-9-16/h2-6,8,10-13,20H,7,9H2,1H3. The smallest absolute Gasteiger partial charge is 0.200 e. The molecule has 0 amide bonds. The third-order valence-corrected chi connectivity index (χ3v) is 4.98. The normalized spacial score (nSPS) is 16.2. The Kier molecular flexibility index (Phi) is 4.30. The Labute approximate surface area is 136 Å². The molecule has 0 atom stereocenters. The van der Waals surface area contributed by atoms with Crippen LogP contribution in [0.25, 0.3) is 0 Å². The van der Waals surface area contributed by atoms with Crippen molar-refractivity contribution in [2.24, 2.45) is 5.10 Å². The summed E-state index contributed by atoms with van der Waals surface area (Å²) in [5, 5.41) is 4.22. The first kappa shape index (κ1) is 15.5. The monoisotopic (exact) mass is 326 g/mol. The van der Waals surface area contributed by atoms with E-state index in [1.165, 1.54) is 0 Å². The van der Waals surface area contributed by atoms with Gasteiger partial charge >= 0.3 is 0 Å². The van der Waals surface area contributed by atoms with Crippen LogP contribution in [0, 0.1) is 6.92 Å². The topological polar surface area (TPSA) is 58.5 Å². The summed E-state index contributed by atoms with van der Waals surface area (Å²) >= 11 is 0. The van der Waals surface area contributed by atoms with Crippen LogP contribution in [0.5, 0.6) is 0 Å². The van der Waals surface area contributed by atoms with Gasteiger partial charge < -0.3 is 0 Å². The van der Waals surface area contributed by atoms with Crippen LogP contribution in [-0.2, 0) is 10.0 Å². The maximum Gasteiger partial charge on any atom is 0.276 e. The fourth-order valence-corrected chi connectivity index (χ4v) is 3.28. The lowest BCUT2D eigenvalue weighted by Gasteiger charge is -2.10. The van der Waals surface area contributed by atoms with Gasteiger partial charge in [0.15, 0.2) is 0 Å². The molecule has 0 bridgehead atoms. The molecular formula is C18H18N2O2S. The molecule has 0 saturated carbocycles. The average Bonchev–Trinajstić information content (AvgIpc) is 3.21. The minimum absolute atomic E-state index is 0.211. The van der Waals surface area contributed by atoms with Gasteiger partial charge in [0.1, 0.15) is 0 Å². The van der Waals surface area contributed by atoms with Crippen molar-refractivity contribution < 1.29 is 8.42 Å². The first-order valence-corrected chi connectivity index (χ1v) is 8.93. The molecule has 1 N–H and O–H groups in total. The van der Waals surface area contributed by atoms with Gasteiger partial charge in [-0.05, 0) is 43.0 Å². The van der Waals surface area contributed by atoms with Gasteiger partial charge in [0.05, 0.1) is 10.6 Å². The highest BCUT2D eigenvalue weighted by Crippen LogP contribution is 2.22. The quantitative estimate of drug-likeness (QED) is 0.666. The predicted molar refractivity (Wildman–Crippen MR) is 92.6 cm³/mol. The molecule has 0 radical (unpaired) electrons. The largest absolute Gasteiger partial charge is 0.276 e. The van der Waals surface area contributed by atoms with Crippen molar-refractivity contribution in [1.29, 1.82) is 0 Å². The highest BCUT2D eigenvalue weighted by atomic mass is 32.2. The molecule has 0 aliphatic heterocycles. The number of hydrogen-bond donors (Lipinski definition) is 1. The minimum atomic E-state index is -3.66. The number of aryl methyl sites for hydroxylation is 1. The average molecular weight is 326 g/mol. The maximum atomic E-state index is 12.4. The van der Waals surface area contributed by atoms with Crippen molar-refractivity contribution in [2.75, 3.05) is 0 Å². The number of nitrogens with zero attached hydrogens (tertiary/aromatic N) is 1. The fourth-order valence-electron chi connectivity index (χ4n) is 2.47. The van der Waals surface area contributed by atoms with Crippen LogP contribution in [0.4, 0.5) is 0 Å². The van der Waals surface area contributed by atoms with Crippen LogP contribution < -0.4 is 4.83 Å². The summed E-state index contributed by atoms with van der Waals surface area (Å²) in [6, 6.07) is 6.71. The van der Waals surface area contributed by atoms with Gasteiger partial charge in [0, 0.05) is 0 Å². The first-order chi connectivity index (χ1) is 11.1. The molecule has 0 fully saturated rings. The van der Waals surface area contributed by atoms with Crippen molar-refractivity contribution in [3.8, 4) is 0 Å². The second-order valence-electron chi connectivity index (χ2n) is 5.52. The molecule has 0 spiro atoms. The molecule has 0 heterocycles. The van der Waals surface area contributed by atoms with E-state index in [-0.39, 0.29) is 4.90 Å². The van der Waals surface area contributed by atoms with Crippen molar-refractivity contribution in [1.82, 2.24) is 4.83 Å². The number of nitrogens with one attached hydrogen (secondary N) is 1. The number of sulfonamides is 1. The molecule has 23 heavy (non-hydrogen) atoms. The van der Waals surface area contributed by atoms with E-state index in [9.17, 15) is 8.42 Å². The van der Waals surface area contributed by atoms with E-state index in [0.29, 0.717) is 5.71 Å². The van der Waals surface area contributed by atoms with Gasteiger partial charge in [0.25, 0.3) is 10.0 Å². The number of hydrazone groups is 1. The highest BCUT2D eigenvalue weighted by Gasteiger charge is 2.17. The Morgan fingerprint density at radius 1 is 1.00 bits per heavy atom. The van der Waals surface area contributed by atoms with E-state index in [0.717, 1.165) is 29.6 Å². The van der Waals surface area contributed by atoms with Crippen LogP contribution in [-0.4, -0.2) is 14.1 Å². The molecule has 0 saturated heterocycles. The van der Waals surface area contributed by atoms with Gasteiger partial charge in [-0.2, -0.15) is 18.4 Å². The molecule has 2 aliphatic rings. The van der Waals surface area contributed by atoms with Gasteiger partial charge in [0.2, 0.25) is 0 Å². The second-order valence-corrected chi connectivity index (χ2v) is 7.18. The Hall–Kier alpha value is -2.40. The zero-order valence-corrected chi connectivity index (χ0v) is 13.7. The summed E-state index contributed by atoms with van der Waals surface area (Å²) in [7, 11) is -3.66. The van der Waals surface area contributed by atoms with E-state index in [1.54, 1.807) is 24.3 Å². The molecule has 1 aromatic carbocycles. The van der Waals surface area contributed by atoms with E-state index in [2.05, 4.69) is 9.93 Å². The summed E-state index contributed by atoms with van der Waals surface area (Å²) in [6.07, 6.45) is 13.5. The number of rotatable bonds is 5. The van der Waals surface area contributed by atoms with Crippen molar-refractivity contribution in [2.45, 2.75) is 24.7 Å². The highest BCUT2D eigenvalue weighted by molar-refractivity contribution is 7.89. The Morgan fingerprint density at radius 2 is 1.57 bits per heavy atom. The number of allylic oxidation sites excluding steroid dienone is 8. The van der Waals surface area contributed by atoms with Crippen molar-refractivity contribution in [3.63, 3.8) is 0 Å². The molecule has 0 aromatic heterocycles. The number of hydrogen-bond acceptors (Lipinski definition) is 3. The van der Waals surface area contributed by atoms with Crippen molar-refractivity contribution in [3.05, 3.63) is 77.4 Å². The van der Waals surface area contributed by atoms with E-state index in [1.807, 2.05) is 43.4 Å². The molecule has 118 valence electrons. The van der Waals surface area contributed by atoms with Gasteiger partial charge in [-0.1, -0.05) is 54.2 Å². The van der Waals surface area contributed by atoms with E-state index >= 15 is 0 Å². The minimum Gasteiger partial charge on any atom is -0.200 e. The van der Waals surface area contributed by atoms with Crippen LogP contribution in [0.3, 0.4) is 0 Å². The summed E-state index contributed by atoms with van der Waals surface area (Å²) in [5.74, 6) is 0. The molecule has 4 nitrogen and oxygen atoms in total. The lowest BCUT2D eigenvalue weighted by molar-refractivity contribution is 0.584. The SMILES string of the molecule is Cc1ccc(S(=O)(=O)NN=C(C2=CC=CC2)C2=CC=CC2)cc1. The molecule has 5 heteroatoms. The lowest BCUT2D eigenvalue weighted by Crippen LogP contribution is -2.21. The molecule has 3 rings (SSSR count). The Morgan fingerprint density at radius 3 is 2.04 bits per heavy atom. The second kappa shape index (κ2) is 6.38. The van der Waals surface area contributed by atoms with Gasteiger partial charge in [-0.15, -0.1) is 0 Å². The summed E-state index contributed by atoms with van der Waals surface area (Å²) < 4.78 is 24.8. The third-order valence-electron chi connectivity index (χ3n) is 3.76. The van der Waals surface area contributed by atoms with Crippen molar-refractivity contribution >= 4 is 15.7 Å². The van der Waals surface area contributed by atoms with Gasteiger partial charge in [-0.25, -0.2) is 0 Å². The predicted octanol–water partition coefficient (Wildman–Crippen LogP) is 3.40. The summed E-state index contributed by atoms with van der Waals surface area (Å²) in [5.41, 5.74) is 3.76. The maximum absolute atomic E-state index is 12.4. The molecule has 1 aromatic rings. The van der Waals surface area contributed by atoms with Crippen LogP contribution in [0.1, 0.15) is 18.4 Å². The van der Waals surface area contributed by atoms with Crippen LogP contribution in [0.15, 0.2) is 81.9 Å². The van der Waals surface area contributed by atoms with Crippen LogP contribution >= 0.6 is 0 Å². The summed E-state index contributed by atoms with van der Waals surface area (Å²) in [4.78, 5) is 2.58. The Bertz CT molecular complexity index is 823. The van der Waals surface area contributed by atoms with Gasteiger partial charge in [-0.3, -0.25) is 0 Å². The third kappa shape index (κ3) is 3.51. The van der Waals surface area contributed by atoms with E-state index < -0.39 is 10.0 Å². The summed E-state index contributed by atoms with van der Waals surface area (Å²) in [6.45, 7) is 1.92. The van der Waals surface area contributed by atoms with E-state index in [4.69, 9.17) is 0 Å². The zero-order valence-electron chi connectivity index (χ0n) is 12.9. The first-order valence-electron chi connectivity index (χ1n) is 7.44. The molecule has 0 unspecified atom stereocenters. The molecule has 2 aliphatic carbocycles. The van der Waals surface area contributed by atoms with Crippen LogP contribution in [0.2, 0.25) is 0 Å². The zero-order chi connectivity index (χ0) is 16.3. The molecular weight excluding hydrogens is 308 g/mol.